The number of aliphatic hydroxyl groups excluding tert-OH is 1. The highest BCUT2D eigenvalue weighted by Gasteiger charge is 2.23. The first kappa shape index (κ1) is 13.0. The van der Waals surface area contributed by atoms with Crippen molar-refractivity contribution in [2.45, 2.75) is 59.3 Å². The van der Waals surface area contributed by atoms with Crippen LogP contribution in [0.2, 0.25) is 0 Å². The van der Waals surface area contributed by atoms with Gasteiger partial charge in [-0.15, -0.1) is 0 Å². The lowest BCUT2D eigenvalue weighted by Crippen LogP contribution is -2.21. The van der Waals surface area contributed by atoms with Gasteiger partial charge in [-0.2, -0.15) is 0 Å². The molecule has 0 spiro atoms. The molecule has 0 aromatic rings. The van der Waals surface area contributed by atoms with E-state index < -0.39 is 0 Å². The number of hydrogen-bond acceptors (Lipinski definition) is 1. The van der Waals surface area contributed by atoms with Crippen LogP contribution in [-0.4, -0.2) is 11.7 Å². The zero-order valence-corrected chi connectivity index (χ0v) is 10.7. The summed E-state index contributed by atoms with van der Waals surface area (Å²) in [5, 5.41) is 9.28. The molecule has 4 atom stereocenters. The molecule has 1 nitrogen and oxygen atoms in total. The molecular formula is C14H28O. The predicted octanol–water partition coefficient (Wildman–Crippen LogP) is 3.86. The third kappa shape index (κ3) is 4.14. The van der Waals surface area contributed by atoms with Gasteiger partial charge in [-0.1, -0.05) is 33.6 Å². The van der Waals surface area contributed by atoms with Crippen LogP contribution < -0.4 is 0 Å². The fraction of sp³-hybridized carbons (Fsp3) is 1.00. The molecule has 1 rings (SSSR count). The normalized spacial score (nSPS) is 35.6. The Balaban J connectivity index is 2.50. The zero-order chi connectivity index (χ0) is 11.3. The molecule has 90 valence electrons. The fourth-order valence-corrected chi connectivity index (χ4v) is 2.90. The number of rotatable bonds is 3. The molecule has 1 N–H and O–H groups in total. The number of aliphatic hydroxyl groups is 1. The van der Waals surface area contributed by atoms with E-state index in [1.165, 1.54) is 38.5 Å². The van der Waals surface area contributed by atoms with E-state index in [1.54, 1.807) is 0 Å². The predicted molar refractivity (Wildman–Crippen MR) is 65.8 cm³/mol. The molecule has 1 aliphatic rings. The van der Waals surface area contributed by atoms with Gasteiger partial charge in [-0.25, -0.2) is 0 Å². The maximum Gasteiger partial charge on any atom is 0.0459 e. The summed E-state index contributed by atoms with van der Waals surface area (Å²) in [6, 6.07) is 0. The van der Waals surface area contributed by atoms with Crippen molar-refractivity contribution in [2.24, 2.45) is 23.7 Å². The Morgan fingerprint density at radius 3 is 2.47 bits per heavy atom. The first-order valence-electron chi connectivity index (χ1n) is 6.78. The molecular weight excluding hydrogens is 184 g/mol. The standard InChI is InChI=1S/C14H28O/c1-4-12(3)14-8-7-13(10-15)6-5-11(2)9-14/h11-15H,4-10H2,1-3H3. The van der Waals surface area contributed by atoms with Crippen molar-refractivity contribution in [2.75, 3.05) is 6.61 Å². The van der Waals surface area contributed by atoms with Crippen LogP contribution in [0.25, 0.3) is 0 Å². The molecule has 0 amide bonds. The van der Waals surface area contributed by atoms with Gasteiger partial charge in [0.2, 0.25) is 0 Å². The minimum atomic E-state index is 0.403. The van der Waals surface area contributed by atoms with E-state index in [4.69, 9.17) is 0 Å². The van der Waals surface area contributed by atoms with Gasteiger partial charge in [0.1, 0.15) is 0 Å². The van der Waals surface area contributed by atoms with Gasteiger partial charge < -0.3 is 5.11 Å². The van der Waals surface area contributed by atoms with Crippen molar-refractivity contribution in [3.8, 4) is 0 Å². The third-order valence-corrected chi connectivity index (χ3v) is 4.43. The molecule has 0 bridgehead atoms. The lowest BCUT2D eigenvalue weighted by atomic mass is 9.75. The molecule has 4 unspecified atom stereocenters. The second-order valence-corrected chi connectivity index (χ2v) is 5.69. The van der Waals surface area contributed by atoms with Gasteiger partial charge >= 0.3 is 0 Å². The van der Waals surface area contributed by atoms with E-state index >= 15 is 0 Å². The second kappa shape index (κ2) is 6.52. The van der Waals surface area contributed by atoms with E-state index in [-0.39, 0.29) is 0 Å². The summed E-state index contributed by atoms with van der Waals surface area (Å²) in [6.07, 6.45) is 7.86. The zero-order valence-electron chi connectivity index (χ0n) is 10.7. The molecule has 0 aromatic heterocycles. The van der Waals surface area contributed by atoms with Crippen LogP contribution in [0.4, 0.5) is 0 Å². The maximum absolute atomic E-state index is 9.28. The Kier molecular flexibility index (Phi) is 5.66. The molecule has 1 heteroatoms. The van der Waals surface area contributed by atoms with Gasteiger partial charge in [0.05, 0.1) is 0 Å². The van der Waals surface area contributed by atoms with Gasteiger partial charge in [-0.3, -0.25) is 0 Å². The number of hydrogen-bond donors (Lipinski definition) is 1. The first-order chi connectivity index (χ1) is 7.17. The van der Waals surface area contributed by atoms with E-state index in [0.717, 1.165) is 17.8 Å². The Bertz CT molecular complexity index is 165. The van der Waals surface area contributed by atoms with Crippen LogP contribution in [0.1, 0.15) is 59.3 Å². The van der Waals surface area contributed by atoms with Crippen LogP contribution in [0.5, 0.6) is 0 Å². The molecule has 15 heavy (non-hydrogen) atoms. The van der Waals surface area contributed by atoms with E-state index in [2.05, 4.69) is 20.8 Å². The molecule has 1 aliphatic carbocycles. The summed E-state index contributed by atoms with van der Waals surface area (Å²) in [5.74, 6) is 3.21. The SMILES string of the molecule is CCC(C)C1CCC(CO)CCC(C)C1. The summed E-state index contributed by atoms with van der Waals surface area (Å²) < 4.78 is 0. The average molecular weight is 212 g/mol. The average Bonchev–Trinajstić information content (AvgIpc) is 2.23. The first-order valence-corrected chi connectivity index (χ1v) is 6.78. The highest BCUT2D eigenvalue weighted by molar-refractivity contribution is 4.74. The maximum atomic E-state index is 9.28. The van der Waals surface area contributed by atoms with Crippen molar-refractivity contribution < 1.29 is 5.11 Å². The van der Waals surface area contributed by atoms with Crippen LogP contribution >= 0.6 is 0 Å². The Morgan fingerprint density at radius 2 is 1.87 bits per heavy atom. The minimum Gasteiger partial charge on any atom is -0.396 e. The monoisotopic (exact) mass is 212 g/mol. The van der Waals surface area contributed by atoms with Crippen LogP contribution in [0.15, 0.2) is 0 Å². The van der Waals surface area contributed by atoms with Gasteiger partial charge in [0.25, 0.3) is 0 Å². The lowest BCUT2D eigenvalue weighted by molar-refractivity contribution is 0.156. The molecule has 1 fully saturated rings. The summed E-state index contributed by atoms with van der Waals surface area (Å²) in [4.78, 5) is 0. The quantitative estimate of drug-likeness (QED) is 0.753. The Morgan fingerprint density at radius 1 is 1.20 bits per heavy atom. The Labute approximate surface area is 95.3 Å². The summed E-state index contributed by atoms with van der Waals surface area (Å²) in [6.45, 7) is 7.49. The van der Waals surface area contributed by atoms with Crippen LogP contribution in [0.3, 0.4) is 0 Å². The third-order valence-electron chi connectivity index (χ3n) is 4.43. The molecule has 0 aromatic carbocycles. The highest BCUT2D eigenvalue weighted by Crippen LogP contribution is 2.34. The fourth-order valence-electron chi connectivity index (χ4n) is 2.90. The highest BCUT2D eigenvalue weighted by atomic mass is 16.3. The molecule has 0 heterocycles. The Hall–Kier alpha value is -0.0400. The largest absolute Gasteiger partial charge is 0.396 e. The second-order valence-electron chi connectivity index (χ2n) is 5.69. The minimum absolute atomic E-state index is 0.403. The van der Waals surface area contributed by atoms with E-state index in [1.807, 2.05) is 0 Å². The summed E-state index contributed by atoms with van der Waals surface area (Å²) >= 11 is 0. The van der Waals surface area contributed by atoms with Crippen LogP contribution in [0, 0.1) is 23.7 Å². The lowest BCUT2D eigenvalue weighted by Gasteiger charge is -2.31. The van der Waals surface area contributed by atoms with Crippen molar-refractivity contribution in [1.29, 1.82) is 0 Å². The van der Waals surface area contributed by atoms with Gasteiger partial charge in [0, 0.05) is 6.61 Å². The van der Waals surface area contributed by atoms with E-state index in [0.29, 0.717) is 12.5 Å². The molecule has 0 saturated heterocycles. The smallest absolute Gasteiger partial charge is 0.0459 e. The summed E-state index contributed by atoms with van der Waals surface area (Å²) in [7, 11) is 0. The topological polar surface area (TPSA) is 20.2 Å². The van der Waals surface area contributed by atoms with Crippen molar-refractivity contribution >= 4 is 0 Å². The van der Waals surface area contributed by atoms with Crippen LogP contribution in [-0.2, 0) is 0 Å². The van der Waals surface area contributed by atoms with Gasteiger partial charge in [0.15, 0.2) is 0 Å². The van der Waals surface area contributed by atoms with Crippen molar-refractivity contribution in [3.63, 3.8) is 0 Å². The van der Waals surface area contributed by atoms with Crippen molar-refractivity contribution in [1.82, 2.24) is 0 Å². The molecule has 0 aliphatic heterocycles. The molecule has 1 saturated carbocycles. The van der Waals surface area contributed by atoms with Crippen molar-refractivity contribution in [3.05, 3.63) is 0 Å². The van der Waals surface area contributed by atoms with E-state index in [9.17, 15) is 5.11 Å². The molecule has 0 radical (unpaired) electrons. The van der Waals surface area contributed by atoms with Gasteiger partial charge in [-0.05, 0) is 49.4 Å². The summed E-state index contributed by atoms with van der Waals surface area (Å²) in [5.41, 5.74) is 0.